The van der Waals surface area contributed by atoms with Crippen LogP contribution in [0.1, 0.15) is 10.4 Å². The standard InChI is InChI=1S/C10H21B7N2O/c11-8(9(12,13)14,10(15,16)17)19-18-7(20)6-4-2-1-3-5-6/h1-5,19H,11-17H2,(H,18,20). The summed E-state index contributed by atoms with van der Waals surface area (Å²) in [6, 6.07) is 9.24. The number of hydrogen-bond donors (Lipinski definition) is 2. The van der Waals surface area contributed by atoms with E-state index < -0.39 is 0 Å². The van der Waals surface area contributed by atoms with Gasteiger partial charge in [0.25, 0.3) is 5.91 Å². The summed E-state index contributed by atoms with van der Waals surface area (Å²) in [5.74, 6) is -0.106. The zero-order valence-corrected chi connectivity index (χ0v) is 13.8. The van der Waals surface area contributed by atoms with Crippen molar-refractivity contribution in [2.24, 2.45) is 0 Å². The Morgan fingerprint density at radius 3 is 1.70 bits per heavy atom. The first-order chi connectivity index (χ1) is 8.99. The summed E-state index contributed by atoms with van der Waals surface area (Å²) in [7, 11) is 15.2. The molecule has 2 N–H and O–H groups in total. The smallest absolute Gasteiger partial charge is 0.265 e. The van der Waals surface area contributed by atoms with Gasteiger partial charge in [0.1, 0.15) is 7.85 Å². The number of nitrogens with one attached hydrogen (secondary N) is 2. The zero-order chi connectivity index (χ0) is 15.6. The molecular weight excluding hydrogens is 240 g/mol. The van der Waals surface area contributed by atoms with E-state index in [1.54, 1.807) is 0 Å². The van der Waals surface area contributed by atoms with Crippen LogP contribution in [0.3, 0.4) is 0 Å². The minimum absolute atomic E-state index is 0.00474. The van der Waals surface area contributed by atoms with Gasteiger partial charge in [-0.3, -0.25) is 10.2 Å². The molecule has 0 atom stereocenters. The average Bonchev–Trinajstić information content (AvgIpc) is 2.33. The summed E-state index contributed by atoms with van der Waals surface area (Å²) in [5, 5.41) is -0.00949. The highest BCUT2D eigenvalue weighted by Crippen LogP contribution is 2.39. The molecule has 0 saturated heterocycles. The molecule has 0 spiro atoms. The molecule has 1 rings (SSSR count). The van der Waals surface area contributed by atoms with Crippen LogP contribution in [0.25, 0.3) is 0 Å². The van der Waals surface area contributed by atoms with Crippen molar-refractivity contribution < 1.29 is 4.79 Å². The van der Waals surface area contributed by atoms with Crippen LogP contribution in [0.15, 0.2) is 30.3 Å². The van der Waals surface area contributed by atoms with Gasteiger partial charge in [-0.15, -0.1) is 10.2 Å². The van der Waals surface area contributed by atoms with Crippen LogP contribution in [0.2, 0.25) is 10.2 Å². The van der Waals surface area contributed by atoms with Crippen LogP contribution < -0.4 is 10.9 Å². The lowest BCUT2D eigenvalue weighted by Crippen LogP contribution is -2.68. The van der Waals surface area contributed by atoms with Gasteiger partial charge in [0.15, 0.2) is 0 Å². The van der Waals surface area contributed by atoms with Crippen LogP contribution in [0.4, 0.5) is 0 Å². The first kappa shape index (κ1) is 17.2. The summed E-state index contributed by atoms with van der Waals surface area (Å²) >= 11 is 0. The number of carbonyl (C=O) groups excluding carboxylic acids is 1. The molecule has 1 amide bonds. The Hall–Kier alpha value is -0.895. The molecule has 0 fully saturated rings. The van der Waals surface area contributed by atoms with Gasteiger partial charge in [0.05, 0.1) is 47.1 Å². The minimum Gasteiger partial charge on any atom is -0.288 e. The quantitative estimate of drug-likeness (QED) is 0.409. The van der Waals surface area contributed by atoms with Crippen molar-refractivity contribution >= 4 is 60.8 Å². The average molecular weight is 261 g/mol. The molecule has 20 heavy (non-hydrogen) atoms. The number of rotatable bonds is 5. The summed E-state index contributed by atoms with van der Waals surface area (Å²) in [4.78, 5) is 12.2. The third-order valence-electron chi connectivity index (χ3n) is 4.46. The fraction of sp³-hybridized carbons (Fsp3) is 0.300. The molecule has 0 heterocycles. The molecule has 0 unspecified atom stereocenters. The fourth-order valence-corrected chi connectivity index (χ4v) is 2.34. The van der Waals surface area contributed by atoms with E-state index in [1.807, 2.05) is 30.3 Å². The Kier molecular flexibility index (Phi) is 5.01. The number of hydrazine groups is 1. The first-order valence-electron chi connectivity index (χ1n) is 7.11. The lowest BCUT2D eigenvalue weighted by atomic mass is 9.18. The van der Waals surface area contributed by atoms with Crippen LogP contribution in [-0.2, 0) is 0 Å². The third kappa shape index (κ3) is 3.60. The normalized spacial score (nSPS) is 12.8. The highest BCUT2D eigenvalue weighted by Gasteiger charge is 2.45. The van der Waals surface area contributed by atoms with Crippen LogP contribution in [0.5, 0.6) is 0 Å². The SMILES string of the molecule is BC(B)(B)C(B)(NNC(=O)c1ccccc1)C(B)(B)B. The van der Waals surface area contributed by atoms with E-state index in [9.17, 15) is 4.79 Å². The molecule has 0 aliphatic carbocycles. The minimum atomic E-state index is -0.246. The van der Waals surface area contributed by atoms with Crippen LogP contribution in [-0.4, -0.2) is 66.3 Å². The molecule has 0 bridgehead atoms. The Labute approximate surface area is 128 Å². The highest BCUT2D eigenvalue weighted by molar-refractivity contribution is 6.69. The van der Waals surface area contributed by atoms with E-state index in [0.717, 1.165) is 0 Å². The van der Waals surface area contributed by atoms with Gasteiger partial charge in [-0.05, 0) is 17.6 Å². The van der Waals surface area contributed by atoms with E-state index >= 15 is 0 Å². The first-order valence-corrected chi connectivity index (χ1v) is 7.11. The van der Waals surface area contributed by atoms with Crippen LogP contribution in [0, 0.1) is 0 Å². The zero-order valence-electron chi connectivity index (χ0n) is 13.8. The second-order valence-electron chi connectivity index (χ2n) is 7.57. The highest BCUT2D eigenvalue weighted by atomic mass is 16.2. The lowest BCUT2D eigenvalue weighted by molar-refractivity contribution is 0.0919. The molecule has 1 aromatic rings. The molecule has 0 radical (unpaired) electrons. The van der Waals surface area contributed by atoms with E-state index in [0.29, 0.717) is 5.56 Å². The number of hydrogen-bond acceptors (Lipinski definition) is 2. The summed E-state index contributed by atoms with van der Waals surface area (Å²) in [5.41, 5.74) is 6.55. The Balaban J connectivity index is 2.87. The van der Waals surface area contributed by atoms with Gasteiger partial charge in [-0.1, -0.05) is 18.2 Å². The van der Waals surface area contributed by atoms with Crippen molar-refractivity contribution in [2.75, 3.05) is 0 Å². The predicted molar refractivity (Wildman–Crippen MR) is 105 cm³/mol. The van der Waals surface area contributed by atoms with Gasteiger partial charge in [0.2, 0.25) is 0 Å². The summed E-state index contributed by atoms with van der Waals surface area (Å²) in [6.45, 7) is 0. The number of benzene rings is 1. The van der Waals surface area contributed by atoms with Gasteiger partial charge >= 0.3 is 0 Å². The Morgan fingerprint density at radius 1 is 0.850 bits per heavy atom. The monoisotopic (exact) mass is 262 g/mol. The molecule has 98 valence electrons. The van der Waals surface area contributed by atoms with Crippen LogP contribution >= 0.6 is 0 Å². The molecule has 0 saturated carbocycles. The molecule has 3 nitrogen and oxygen atoms in total. The van der Waals surface area contributed by atoms with Crippen molar-refractivity contribution in [3.05, 3.63) is 35.9 Å². The second-order valence-corrected chi connectivity index (χ2v) is 7.57. The Bertz CT molecular complexity index is 455. The van der Waals surface area contributed by atoms with Crippen molar-refractivity contribution in [3.63, 3.8) is 0 Å². The van der Waals surface area contributed by atoms with Gasteiger partial charge in [-0.25, -0.2) is 5.43 Å². The van der Waals surface area contributed by atoms with Crippen molar-refractivity contribution in [2.45, 2.75) is 15.7 Å². The van der Waals surface area contributed by atoms with E-state index in [2.05, 4.69) is 65.8 Å². The summed E-state index contributed by atoms with van der Waals surface area (Å²) in [6.07, 6.45) is 0. The maximum atomic E-state index is 12.2. The molecule has 10 heteroatoms. The fourth-order valence-electron chi connectivity index (χ4n) is 2.34. The topological polar surface area (TPSA) is 41.1 Å². The molecule has 0 aliphatic heterocycles. The number of carbonyl (C=O) groups is 1. The number of amides is 1. The van der Waals surface area contributed by atoms with Crippen molar-refractivity contribution in [1.82, 2.24) is 10.9 Å². The van der Waals surface area contributed by atoms with Crippen molar-refractivity contribution in [3.8, 4) is 0 Å². The van der Waals surface area contributed by atoms with E-state index in [1.165, 1.54) is 0 Å². The van der Waals surface area contributed by atoms with Gasteiger partial charge in [0, 0.05) is 5.56 Å². The second kappa shape index (κ2) is 5.84. The van der Waals surface area contributed by atoms with Crippen molar-refractivity contribution in [1.29, 1.82) is 0 Å². The van der Waals surface area contributed by atoms with E-state index in [-0.39, 0.29) is 21.6 Å². The maximum absolute atomic E-state index is 12.2. The maximum Gasteiger partial charge on any atom is 0.265 e. The Morgan fingerprint density at radius 2 is 1.30 bits per heavy atom. The third-order valence-corrected chi connectivity index (χ3v) is 4.46. The van der Waals surface area contributed by atoms with E-state index in [4.69, 9.17) is 0 Å². The molecule has 0 aliphatic rings. The molecule has 0 aromatic heterocycles. The summed E-state index contributed by atoms with van der Waals surface area (Å²) < 4.78 is 0. The largest absolute Gasteiger partial charge is 0.288 e. The van der Waals surface area contributed by atoms with Gasteiger partial charge < -0.3 is 0 Å². The predicted octanol–water partition coefficient (Wildman–Crippen LogP) is -5.80. The lowest BCUT2D eigenvalue weighted by Gasteiger charge is -2.53. The molecule has 1 aromatic carbocycles. The molecular formula is C10H21B7N2O. The van der Waals surface area contributed by atoms with Gasteiger partial charge in [-0.2, -0.15) is 0 Å².